The summed E-state index contributed by atoms with van der Waals surface area (Å²) in [5.74, 6) is -3.52. The number of hydrogen-bond acceptors (Lipinski definition) is 17. The van der Waals surface area contributed by atoms with E-state index in [1.165, 1.54) is 0 Å². The number of urea groups is 1. The summed E-state index contributed by atoms with van der Waals surface area (Å²) in [5.41, 5.74) is 23.9. The molecule has 178 valence electrons. The van der Waals surface area contributed by atoms with Crippen LogP contribution in [0.2, 0.25) is 0 Å². The summed E-state index contributed by atoms with van der Waals surface area (Å²) in [6.45, 7) is 0. The van der Waals surface area contributed by atoms with E-state index in [-0.39, 0.29) is 68.3 Å². The molecule has 0 aliphatic rings. The topological polar surface area (TPSA) is 505 Å². The third-order valence-corrected chi connectivity index (χ3v) is 0.870. The normalized spacial score (nSPS) is 5.52. The van der Waals surface area contributed by atoms with Gasteiger partial charge >= 0.3 is 24.1 Å². The molecular formula is C8H34N14O7. The Kier molecular flexibility index (Phi) is 86.3. The predicted octanol–water partition coefficient (Wildman–Crippen LogP) is -2.18. The molecule has 0 aromatic carbocycles. The molecule has 21 heteroatoms. The fraction of sp³-hybridized carbons (Fsp3) is 0.125. The average molecular weight is 438 g/mol. The highest BCUT2D eigenvalue weighted by molar-refractivity contribution is 6.27. The lowest BCUT2D eigenvalue weighted by Crippen LogP contribution is -2.18. The number of carboxylic acids is 2. The van der Waals surface area contributed by atoms with E-state index >= 15 is 0 Å². The Hall–Kier alpha value is -4.24. The molecule has 2 amide bonds. The van der Waals surface area contributed by atoms with Crippen molar-refractivity contribution in [3.8, 4) is 0 Å². The van der Waals surface area contributed by atoms with Gasteiger partial charge in [0.1, 0.15) is 0 Å². The highest BCUT2D eigenvalue weighted by Crippen LogP contribution is 1.97. The Bertz CT molecular complexity index is 484. The Morgan fingerprint density at radius 3 is 0.828 bits per heavy atom. The van der Waals surface area contributed by atoms with E-state index in [1.807, 2.05) is 0 Å². The van der Waals surface area contributed by atoms with Crippen LogP contribution in [0.5, 0.6) is 0 Å². The van der Waals surface area contributed by atoms with Gasteiger partial charge in [-0.3, -0.25) is 0 Å². The van der Waals surface area contributed by atoms with Crippen molar-refractivity contribution in [3.63, 3.8) is 0 Å². The molecule has 21 nitrogen and oxygen atoms in total. The molecule has 1 aromatic heterocycles. The zero-order chi connectivity index (χ0) is 18.3. The zero-order valence-corrected chi connectivity index (χ0v) is 14.9. The van der Waals surface area contributed by atoms with Gasteiger partial charge in [-0.25, -0.2) is 14.4 Å². The molecule has 0 fully saturated rings. The summed E-state index contributed by atoms with van der Waals surface area (Å²) < 4.78 is 0. The number of nitrogens with two attached hydrogens (primary N) is 5. The highest BCUT2D eigenvalue weighted by Gasteiger charge is 2.04. The molecule has 0 bridgehead atoms. The number of aromatic nitrogens is 3. The van der Waals surface area contributed by atoms with Crippen LogP contribution in [0.1, 0.15) is 7.43 Å². The summed E-state index contributed by atoms with van der Waals surface area (Å²) in [4.78, 5) is 53.9. The van der Waals surface area contributed by atoms with Gasteiger partial charge in [-0.15, -0.1) is 0 Å². The molecule has 0 saturated carbocycles. The molecule has 0 radical (unpaired) electrons. The number of nitrogen functional groups attached to an aromatic ring is 3. The number of carbonyl (C=O) groups is 3. The van der Waals surface area contributed by atoms with Gasteiger partial charge in [0, 0.05) is 0 Å². The van der Waals surface area contributed by atoms with Gasteiger partial charge in [0.25, 0.3) is 0 Å². The molecule has 1 rings (SSSR count). The first-order chi connectivity index (χ1) is 9.97. The van der Waals surface area contributed by atoms with E-state index in [0.717, 1.165) is 0 Å². The van der Waals surface area contributed by atoms with E-state index in [0.29, 0.717) is 0 Å². The summed E-state index contributed by atoms with van der Waals surface area (Å²) in [5, 5.41) is 14.8. The number of rotatable bonds is 0. The lowest BCUT2D eigenvalue weighted by atomic mass is 10.7. The number of carboxylic acid groups (broad SMARTS) is 2. The molecule has 1 heterocycles. The lowest BCUT2D eigenvalue weighted by molar-refractivity contribution is -0.191. The number of anilines is 3. The van der Waals surface area contributed by atoms with Crippen LogP contribution < -0.4 is 65.6 Å². The SMILES string of the molecule is C.N.N.N.N.N.N.NC(N)=O.Nc1nc(N)nc(N)n1.O=C(O)C(=O)O.O=C=O. The van der Waals surface area contributed by atoms with Crippen molar-refractivity contribution in [3.05, 3.63) is 0 Å². The molecule has 0 aliphatic carbocycles. The van der Waals surface area contributed by atoms with E-state index in [1.54, 1.807) is 0 Å². The van der Waals surface area contributed by atoms with Crippen LogP contribution in [0.15, 0.2) is 0 Å². The van der Waals surface area contributed by atoms with Crippen molar-refractivity contribution < 1.29 is 34.2 Å². The minimum absolute atomic E-state index is 0. The van der Waals surface area contributed by atoms with E-state index < -0.39 is 18.0 Å². The van der Waals surface area contributed by atoms with Crippen molar-refractivity contribution in [1.29, 1.82) is 0 Å². The molecule has 29 heavy (non-hydrogen) atoms. The van der Waals surface area contributed by atoms with Crippen LogP contribution in [-0.2, 0) is 19.2 Å². The Morgan fingerprint density at radius 2 is 0.759 bits per heavy atom. The van der Waals surface area contributed by atoms with Crippen LogP contribution in [0.4, 0.5) is 22.6 Å². The molecule has 0 spiro atoms. The molecule has 1 aromatic rings. The minimum Gasteiger partial charge on any atom is -0.473 e. The second-order valence-corrected chi connectivity index (χ2v) is 2.51. The zero-order valence-electron chi connectivity index (χ0n) is 14.9. The fourth-order valence-electron chi connectivity index (χ4n) is 0.427. The van der Waals surface area contributed by atoms with E-state index in [4.69, 9.17) is 51.4 Å². The first-order valence-electron chi connectivity index (χ1n) is 4.50. The summed E-state index contributed by atoms with van der Waals surface area (Å²) in [6, 6.07) is -0.833. The van der Waals surface area contributed by atoms with Crippen molar-refractivity contribution in [2.24, 2.45) is 11.5 Å². The van der Waals surface area contributed by atoms with Crippen LogP contribution in [0.3, 0.4) is 0 Å². The largest absolute Gasteiger partial charge is 0.473 e. The summed E-state index contributed by atoms with van der Waals surface area (Å²) in [6.07, 6.45) is 0.250. The Labute approximate surface area is 165 Å². The fourth-order valence-corrected chi connectivity index (χ4v) is 0.427. The standard InChI is InChI=1S/C3H6N6.C2H2O4.CH4N2O.CO2.CH4.6H3N/c4-1-7-2(5)9-3(6)8-1;3-1(4)2(5)6;2-1(3)4;2-1-3;;;;;;;/h(H6,4,5,6,7,8,9);(H,3,4)(H,5,6);(H4,2,3,4);;1H4;6*1H3. The van der Waals surface area contributed by atoms with Gasteiger partial charge in [-0.1, -0.05) is 7.43 Å². The number of primary amides is 2. The lowest BCUT2D eigenvalue weighted by Gasteiger charge is -1.93. The first-order valence-corrected chi connectivity index (χ1v) is 4.50. The molecule has 0 saturated heterocycles. The predicted molar refractivity (Wildman–Crippen MR) is 104 cm³/mol. The minimum atomic E-state index is -1.82. The van der Waals surface area contributed by atoms with Crippen LogP contribution in [0.25, 0.3) is 0 Å². The van der Waals surface area contributed by atoms with Crippen molar-refractivity contribution >= 4 is 42.0 Å². The van der Waals surface area contributed by atoms with Gasteiger partial charge in [0.05, 0.1) is 0 Å². The molecule has 0 aliphatic heterocycles. The number of nitrogens with zero attached hydrogens (tertiary/aromatic N) is 3. The van der Waals surface area contributed by atoms with Crippen molar-refractivity contribution in [1.82, 2.24) is 51.9 Å². The van der Waals surface area contributed by atoms with Crippen LogP contribution in [-0.4, -0.2) is 49.3 Å². The molecule has 0 atom stereocenters. The van der Waals surface area contributed by atoms with E-state index in [2.05, 4.69) is 26.4 Å². The van der Waals surface area contributed by atoms with Gasteiger partial charge in [-0.2, -0.15) is 24.5 Å². The van der Waals surface area contributed by atoms with Gasteiger partial charge in [0.15, 0.2) is 0 Å². The maximum atomic E-state index is 9.10. The number of hydrogen-bond donors (Lipinski definition) is 13. The molecule has 30 N–H and O–H groups in total. The first kappa shape index (κ1) is 64.2. The van der Waals surface area contributed by atoms with Gasteiger partial charge < -0.3 is 75.8 Å². The highest BCUT2D eigenvalue weighted by atomic mass is 16.4. The Balaban J connectivity index is -0.0000000205. The summed E-state index contributed by atoms with van der Waals surface area (Å²) >= 11 is 0. The maximum Gasteiger partial charge on any atom is 0.414 e. The number of amides is 2. The van der Waals surface area contributed by atoms with Gasteiger partial charge in [-0.05, 0) is 0 Å². The second-order valence-electron chi connectivity index (χ2n) is 2.51. The number of aliphatic carboxylic acids is 2. The summed E-state index contributed by atoms with van der Waals surface area (Å²) in [7, 11) is 0. The van der Waals surface area contributed by atoms with Crippen molar-refractivity contribution in [2.75, 3.05) is 17.2 Å². The van der Waals surface area contributed by atoms with Crippen LogP contribution >= 0.6 is 0 Å². The Morgan fingerprint density at radius 1 is 0.655 bits per heavy atom. The van der Waals surface area contributed by atoms with Gasteiger partial charge in [0.2, 0.25) is 17.8 Å². The maximum absolute atomic E-state index is 9.10. The quantitative estimate of drug-likeness (QED) is 0.191. The second kappa shape index (κ2) is 39.0. The van der Waals surface area contributed by atoms with Crippen LogP contribution in [0, 0.1) is 0 Å². The molecular weight excluding hydrogens is 404 g/mol. The molecule has 0 unspecified atom stereocenters. The van der Waals surface area contributed by atoms with Crippen molar-refractivity contribution in [2.45, 2.75) is 7.43 Å². The average Bonchev–Trinajstić information content (AvgIpc) is 2.27. The number of carbonyl (C=O) groups excluding carboxylic acids is 3. The third-order valence-electron chi connectivity index (χ3n) is 0.870. The third kappa shape index (κ3) is 81.3. The van der Waals surface area contributed by atoms with E-state index in [9.17, 15) is 0 Å². The smallest absolute Gasteiger partial charge is 0.414 e. The monoisotopic (exact) mass is 438 g/mol.